The maximum atomic E-state index is 5.42. The summed E-state index contributed by atoms with van der Waals surface area (Å²) in [5.41, 5.74) is 2.46. The summed E-state index contributed by atoms with van der Waals surface area (Å²) >= 11 is 0. The molecule has 0 aromatic heterocycles. The number of nitrogens with one attached hydrogen (secondary N) is 2. The first-order valence-corrected chi connectivity index (χ1v) is 8.44. The maximum absolute atomic E-state index is 5.42. The molecule has 2 N–H and O–H groups in total. The van der Waals surface area contributed by atoms with E-state index in [0.29, 0.717) is 0 Å². The van der Waals surface area contributed by atoms with Crippen LogP contribution >= 0.6 is 24.0 Å². The first kappa shape index (κ1) is 23.0. The van der Waals surface area contributed by atoms with Crippen molar-refractivity contribution in [1.82, 2.24) is 10.6 Å². The molecule has 0 saturated carbocycles. The minimum atomic E-state index is 0. The van der Waals surface area contributed by atoms with Crippen LogP contribution < -0.4 is 15.4 Å². The Kier molecular flexibility index (Phi) is 13.7. The number of hydrogen-bond acceptors (Lipinski definition) is 3. The Morgan fingerprint density at radius 2 is 2.00 bits per heavy atom. The summed E-state index contributed by atoms with van der Waals surface area (Å²) < 4.78 is 10.7. The number of rotatable bonds is 10. The molecule has 0 atom stereocenters. The van der Waals surface area contributed by atoms with Gasteiger partial charge in [-0.2, -0.15) is 0 Å². The first-order valence-electron chi connectivity index (χ1n) is 8.44. The first-order chi connectivity index (χ1) is 11.2. The quantitative estimate of drug-likeness (QED) is 0.250. The summed E-state index contributed by atoms with van der Waals surface area (Å²) in [7, 11) is 1.71. The van der Waals surface area contributed by atoms with E-state index >= 15 is 0 Å². The Hall–Kier alpha value is -1.02. The Balaban J connectivity index is 0.00000529. The molecule has 0 bridgehead atoms. The molecule has 1 rings (SSSR count). The van der Waals surface area contributed by atoms with Crippen molar-refractivity contribution in [2.24, 2.45) is 4.99 Å². The molecular formula is C18H32IN3O2. The van der Waals surface area contributed by atoms with Gasteiger partial charge in [-0.15, -0.1) is 24.0 Å². The van der Waals surface area contributed by atoms with Crippen LogP contribution in [0.1, 0.15) is 31.4 Å². The van der Waals surface area contributed by atoms with Crippen LogP contribution in [0.15, 0.2) is 23.2 Å². The zero-order valence-corrected chi connectivity index (χ0v) is 17.7. The van der Waals surface area contributed by atoms with E-state index in [0.717, 1.165) is 57.4 Å². The number of benzene rings is 1. The van der Waals surface area contributed by atoms with Gasteiger partial charge < -0.3 is 20.1 Å². The molecule has 0 aliphatic rings. The number of guanidine groups is 1. The van der Waals surface area contributed by atoms with Gasteiger partial charge in [0, 0.05) is 32.8 Å². The second kappa shape index (κ2) is 14.3. The van der Waals surface area contributed by atoms with Crippen molar-refractivity contribution >= 4 is 29.9 Å². The van der Waals surface area contributed by atoms with Crippen molar-refractivity contribution in [2.75, 3.05) is 40.0 Å². The third kappa shape index (κ3) is 9.32. The summed E-state index contributed by atoms with van der Waals surface area (Å²) in [5, 5.41) is 6.64. The second-order valence-electron chi connectivity index (χ2n) is 5.30. The van der Waals surface area contributed by atoms with Crippen molar-refractivity contribution < 1.29 is 9.47 Å². The van der Waals surface area contributed by atoms with Gasteiger partial charge in [-0.3, -0.25) is 4.99 Å². The third-order valence-corrected chi connectivity index (χ3v) is 3.39. The number of hydrogen-bond donors (Lipinski definition) is 2. The summed E-state index contributed by atoms with van der Waals surface area (Å²) in [6.45, 7) is 10.1. The molecule has 6 heteroatoms. The van der Waals surface area contributed by atoms with Crippen molar-refractivity contribution in [3.8, 4) is 5.75 Å². The molecule has 1 aromatic rings. The van der Waals surface area contributed by atoms with Gasteiger partial charge in [0.2, 0.25) is 0 Å². The highest BCUT2D eigenvalue weighted by atomic mass is 127. The average molecular weight is 449 g/mol. The summed E-state index contributed by atoms with van der Waals surface area (Å²) in [4.78, 5) is 4.56. The van der Waals surface area contributed by atoms with Gasteiger partial charge >= 0.3 is 0 Å². The van der Waals surface area contributed by atoms with Gasteiger partial charge in [-0.25, -0.2) is 0 Å². The van der Waals surface area contributed by atoms with E-state index in [1.807, 2.05) is 13.0 Å². The lowest BCUT2D eigenvalue weighted by Crippen LogP contribution is -2.38. The second-order valence-corrected chi connectivity index (χ2v) is 5.30. The monoisotopic (exact) mass is 449 g/mol. The topological polar surface area (TPSA) is 54.9 Å². The van der Waals surface area contributed by atoms with Gasteiger partial charge in [-0.1, -0.05) is 17.7 Å². The van der Waals surface area contributed by atoms with Crippen molar-refractivity contribution in [2.45, 2.75) is 33.6 Å². The summed E-state index contributed by atoms with van der Waals surface area (Å²) in [6.07, 6.45) is 1.84. The van der Waals surface area contributed by atoms with Crippen molar-refractivity contribution in [3.05, 3.63) is 29.3 Å². The van der Waals surface area contributed by atoms with Crippen LogP contribution in [0.2, 0.25) is 0 Å². The SMILES string of the molecule is CCNC(=NCCCOCC)NCCc1cc(C)ccc1OC.I. The molecule has 138 valence electrons. The largest absolute Gasteiger partial charge is 0.496 e. The van der Waals surface area contributed by atoms with Gasteiger partial charge in [0.1, 0.15) is 5.75 Å². The van der Waals surface area contributed by atoms with E-state index in [2.05, 4.69) is 41.6 Å². The molecule has 0 radical (unpaired) electrons. The highest BCUT2D eigenvalue weighted by Gasteiger charge is 2.04. The number of halogens is 1. The summed E-state index contributed by atoms with van der Waals surface area (Å²) in [5.74, 6) is 1.80. The lowest BCUT2D eigenvalue weighted by molar-refractivity contribution is 0.146. The molecule has 5 nitrogen and oxygen atoms in total. The standard InChI is InChI=1S/C18H31N3O2.HI/c1-5-19-18(20-11-7-13-23-6-2)21-12-10-16-14-15(3)8-9-17(16)22-4;/h8-9,14H,5-7,10-13H2,1-4H3,(H2,19,20,21);1H. The highest BCUT2D eigenvalue weighted by Crippen LogP contribution is 2.19. The van der Waals surface area contributed by atoms with E-state index in [1.54, 1.807) is 7.11 Å². The molecule has 0 spiro atoms. The van der Waals surface area contributed by atoms with Crippen LogP contribution in [-0.2, 0) is 11.2 Å². The Labute approximate surface area is 163 Å². The van der Waals surface area contributed by atoms with Gasteiger partial charge in [0.15, 0.2) is 5.96 Å². The van der Waals surface area contributed by atoms with E-state index in [9.17, 15) is 0 Å². The molecule has 0 fully saturated rings. The fraction of sp³-hybridized carbons (Fsp3) is 0.611. The van der Waals surface area contributed by atoms with Gasteiger partial charge in [0.05, 0.1) is 7.11 Å². The number of nitrogens with zero attached hydrogens (tertiary/aromatic N) is 1. The van der Waals surface area contributed by atoms with E-state index in [-0.39, 0.29) is 24.0 Å². The molecule has 0 heterocycles. The molecular weight excluding hydrogens is 417 g/mol. The average Bonchev–Trinajstić information content (AvgIpc) is 2.55. The Bertz CT molecular complexity index is 481. The van der Waals surface area contributed by atoms with Crippen molar-refractivity contribution in [3.63, 3.8) is 0 Å². The number of aliphatic imine (C=N–C) groups is 1. The van der Waals surface area contributed by atoms with Crippen LogP contribution in [-0.4, -0.2) is 45.9 Å². The predicted octanol–water partition coefficient (Wildman–Crippen LogP) is 3.15. The highest BCUT2D eigenvalue weighted by molar-refractivity contribution is 14.0. The fourth-order valence-corrected chi connectivity index (χ4v) is 2.26. The van der Waals surface area contributed by atoms with Crippen LogP contribution in [0.25, 0.3) is 0 Å². The molecule has 0 saturated heterocycles. The zero-order valence-electron chi connectivity index (χ0n) is 15.4. The van der Waals surface area contributed by atoms with Crippen LogP contribution in [0.4, 0.5) is 0 Å². The number of ether oxygens (including phenoxy) is 2. The van der Waals surface area contributed by atoms with Crippen LogP contribution in [0.3, 0.4) is 0 Å². The van der Waals surface area contributed by atoms with Crippen LogP contribution in [0.5, 0.6) is 5.75 Å². The Morgan fingerprint density at radius 3 is 2.67 bits per heavy atom. The van der Waals surface area contributed by atoms with Gasteiger partial charge in [0.25, 0.3) is 0 Å². The third-order valence-electron chi connectivity index (χ3n) is 3.39. The van der Waals surface area contributed by atoms with E-state index in [4.69, 9.17) is 9.47 Å². The molecule has 0 aliphatic heterocycles. The lowest BCUT2D eigenvalue weighted by atomic mass is 10.1. The minimum absolute atomic E-state index is 0. The van der Waals surface area contributed by atoms with Gasteiger partial charge in [-0.05, 0) is 45.2 Å². The molecule has 0 unspecified atom stereocenters. The molecule has 0 aliphatic carbocycles. The predicted molar refractivity (Wildman–Crippen MR) is 112 cm³/mol. The Morgan fingerprint density at radius 1 is 1.21 bits per heavy atom. The van der Waals surface area contributed by atoms with Crippen LogP contribution in [0, 0.1) is 6.92 Å². The zero-order chi connectivity index (χ0) is 16.9. The number of methoxy groups -OCH3 is 1. The lowest BCUT2D eigenvalue weighted by Gasteiger charge is -2.13. The molecule has 0 amide bonds. The molecule has 24 heavy (non-hydrogen) atoms. The minimum Gasteiger partial charge on any atom is -0.496 e. The van der Waals surface area contributed by atoms with Crippen molar-refractivity contribution in [1.29, 1.82) is 0 Å². The smallest absolute Gasteiger partial charge is 0.191 e. The fourth-order valence-electron chi connectivity index (χ4n) is 2.26. The molecule has 1 aromatic carbocycles. The maximum Gasteiger partial charge on any atom is 0.191 e. The van der Waals surface area contributed by atoms with E-state index in [1.165, 1.54) is 11.1 Å². The van der Waals surface area contributed by atoms with E-state index < -0.39 is 0 Å². The summed E-state index contributed by atoms with van der Waals surface area (Å²) in [6, 6.07) is 6.27. The normalized spacial score (nSPS) is 10.9. The number of aryl methyl sites for hydroxylation is 1.